The molecule has 1 fully saturated rings. The molecule has 1 aromatic carbocycles. The van der Waals surface area contributed by atoms with Gasteiger partial charge in [-0.15, -0.1) is 0 Å². The molecule has 2 unspecified atom stereocenters. The highest BCUT2D eigenvalue weighted by atomic mass is 16.5. The highest BCUT2D eigenvalue weighted by molar-refractivity contribution is 5.36. The fourth-order valence-electron chi connectivity index (χ4n) is 3.44. The van der Waals surface area contributed by atoms with Gasteiger partial charge in [0.15, 0.2) is 0 Å². The molecule has 1 heteroatoms. The minimum absolute atomic E-state index is 0.381. The van der Waals surface area contributed by atoms with Gasteiger partial charge >= 0.3 is 0 Å². The maximum atomic E-state index is 5.71. The molecular formula is C17H24O. The van der Waals surface area contributed by atoms with Crippen LogP contribution >= 0.6 is 0 Å². The summed E-state index contributed by atoms with van der Waals surface area (Å²) in [6.45, 7) is 7.71. The van der Waals surface area contributed by atoms with Gasteiger partial charge in [0.2, 0.25) is 0 Å². The van der Waals surface area contributed by atoms with Crippen LogP contribution in [0.5, 0.6) is 0 Å². The maximum Gasteiger partial charge on any atom is 0.0723 e. The van der Waals surface area contributed by atoms with E-state index in [0.29, 0.717) is 6.10 Å². The zero-order valence-corrected chi connectivity index (χ0v) is 11.8. The quantitative estimate of drug-likeness (QED) is 0.770. The minimum Gasteiger partial charge on any atom is -0.373 e. The highest BCUT2D eigenvalue weighted by Crippen LogP contribution is 2.46. The second-order valence-corrected chi connectivity index (χ2v) is 6.46. The van der Waals surface area contributed by atoms with E-state index in [2.05, 4.69) is 39.0 Å². The lowest BCUT2D eigenvalue weighted by atomic mass is 9.82. The first kappa shape index (κ1) is 12.2. The van der Waals surface area contributed by atoms with E-state index in [1.54, 1.807) is 5.56 Å². The molecule has 2 aliphatic rings. The van der Waals surface area contributed by atoms with Crippen molar-refractivity contribution in [2.45, 2.75) is 58.7 Å². The molecule has 98 valence electrons. The third-order valence-corrected chi connectivity index (χ3v) is 4.49. The van der Waals surface area contributed by atoms with Gasteiger partial charge in [-0.05, 0) is 60.6 Å². The molecule has 18 heavy (non-hydrogen) atoms. The van der Waals surface area contributed by atoms with Crippen LogP contribution in [-0.2, 0) is 17.8 Å². The number of ether oxygens (including phenoxy) is 1. The van der Waals surface area contributed by atoms with E-state index in [1.807, 2.05) is 0 Å². The van der Waals surface area contributed by atoms with Crippen molar-refractivity contribution < 1.29 is 4.74 Å². The molecule has 1 aromatic rings. The molecule has 0 spiro atoms. The standard InChI is InChI=1S/C17H24O/c1-11(2)17(13-4-5-13)14-6-7-15-10-18-12(3)8-16(15)9-14/h6-7,9,11-13,17H,4-5,8,10H2,1-3H3. The first-order valence-electron chi connectivity index (χ1n) is 7.38. The Kier molecular flexibility index (Phi) is 3.19. The van der Waals surface area contributed by atoms with E-state index in [1.165, 1.54) is 24.0 Å². The number of fused-ring (bicyclic) bond motifs is 1. The van der Waals surface area contributed by atoms with Crippen molar-refractivity contribution in [2.75, 3.05) is 0 Å². The van der Waals surface area contributed by atoms with Crippen LogP contribution in [0.15, 0.2) is 18.2 Å². The first-order valence-corrected chi connectivity index (χ1v) is 7.38. The van der Waals surface area contributed by atoms with Crippen molar-refractivity contribution in [1.82, 2.24) is 0 Å². The number of hydrogen-bond acceptors (Lipinski definition) is 1. The van der Waals surface area contributed by atoms with Crippen LogP contribution in [-0.4, -0.2) is 6.10 Å². The van der Waals surface area contributed by atoms with Gasteiger partial charge in [0.1, 0.15) is 0 Å². The molecule has 1 saturated carbocycles. The molecule has 0 amide bonds. The SMILES string of the molecule is CC1Cc2cc(C(C(C)C)C3CC3)ccc2CO1. The Balaban J connectivity index is 1.90. The first-order chi connectivity index (χ1) is 8.65. The molecule has 0 bridgehead atoms. The summed E-state index contributed by atoms with van der Waals surface area (Å²) >= 11 is 0. The van der Waals surface area contributed by atoms with E-state index in [4.69, 9.17) is 4.74 Å². The Morgan fingerprint density at radius 1 is 1.17 bits per heavy atom. The van der Waals surface area contributed by atoms with Crippen LogP contribution in [0.4, 0.5) is 0 Å². The van der Waals surface area contributed by atoms with Gasteiger partial charge < -0.3 is 4.74 Å². The summed E-state index contributed by atoms with van der Waals surface area (Å²) in [4.78, 5) is 0. The Bertz CT molecular complexity index is 429. The van der Waals surface area contributed by atoms with Gasteiger partial charge in [-0.2, -0.15) is 0 Å². The minimum atomic E-state index is 0.381. The summed E-state index contributed by atoms with van der Waals surface area (Å²) in [5.41, 5.74) is 4.49. The number of hydrogen-bond donors (Lipinski definition) is 0. The van der Waals surface area contributed by atoms with Crippen molar-refractivity contribution in [3.8, 4) is 0 Å². The Morgan fingerprint density at radius 2 is 1.94 bits per heavy atom. The van der Waals surface area contributed by atoms with Crippen molar-refractivity contribution in [3.63, 3.8) is 0 Å². The van der Waals surface area contributed by atoms with Gasteiger partial charge in [-0.25, -0.2) is 0 Å². The molecule has 0 N–H and O–H groups in total. The van der Waals surface area contributed by atoms with E-state index in [0.717, 1.165) is 30.8 Å². The van der Waals surface area contributed by atoms with Gasteiger partial charge in [0, 0.05) is 0 Å². The molecule has 1 aliphatic heterocycles. The molecule has 3 rings (SSSR count). The number of rotatable bonds is 3. The van der Waals surface area contributed by atoms with Crippen molar-refractivity contribution >= 4 is 0 Å². The number of benzene rings is 1. The van der Waals surface area contributed by atoms with E-state index >= 15 is 0 Å². The third-order valence-electron chi connectivity index (χ3n) is 4.49. The second-order valence-electron chi connectivity index (χ2n) is 6.46. The summed E-state index contributed by atoms with van der Waals surface area (Å²) in [5, 5.41) is 0. The van der Waals surface area contributed by atoms with Crippen molar-refractivity contribution in [3.05, 3.63) is 34.9 Å². The third kappa shape index (κ3) is 2.33. The lowest BCUT2D eigenvalue weighted by Gasteiger charge is -2.26. The van der Waals surface area contributed by atoms with Gasteiger partial charge in [-0.1, -0.05) is 32.0 Å². The second kappa shape index (κ2) is 4.70. The maximum absolute atomic E-state index is 5.71. The fourth-order valence-corrected chi connectivity index (χ4v) is 3.44. The molecule has 2 atom stereocenters. The molecule has 1 heterocycles. The summed E-state index contributed by atoms with van der Waals surface area (Å²) in [7, 11) is 0. The molecule has 0 radical (unpaired) electrons. The largest absolute Gasteiger partial charge is 0.373 e. The predicted octanol–water partition coefficient (Wildman–Crippen LogP) is 4.30. The van der Waals surface area contributed by atoms with Gasteiger partial charge in [0.05, 0.1) is 12.7 Å². The summed E-state index contributed by atoms with van der Waals surface area (Å²) in [5.74, 6) is 2.47. The summed E-state index contributed by atoms with van der Waals surface area (Å²) in [6.07, 6.45) is 4.32. The van der Waals surface area contributed by atoms with Gasteiger partial charge in [0.25, 0.3) is 0 Å². The van der Waals surface area contributed by atoms with Crippen LogP contribution in [0, 0.1) is 11.8 Å². The summed E-state index contributed by atoms with van der Waals surface area (Å²) in [6, 6.07) is 7.12. The Hall–Kier alpha value is -0.820. The fraction of sp³-hybridized carbons (Fsp3) is 0.647. The average molecular weight is 244 g/mol. The lowest BCUT2D eigenvalue weighted by molar-refractivity contribution is 0.0410. The molecular weight excluding hydrogens is 220 g/mol. The van der Waals surface area contributed by atoms with Crippen molar-refractivity contribution in [1.29, 1.82) is 0 Å². The Labute approximate surface area is 111 Å². The molecule has 1 aliphatic carbocycles. The van der Waals surface area contributed by atoms with Crippen molar-refractivity contribution in [2.24, 2.45) is 11.8 Å². The monoisotopic (exact) mass is 244 g/mol. The Morgan fingerprint density at radius 3 is 2.61 bits per heavy atom. The van der Waals surface area contributed by atoms with Crippen LogP contribution in [0.25, 0.3) is 0 Å². The highest BCUT2D eigenvalue weighted by Gasteiger charge is 2.34. The average Bonchev–Trinajstić information content (AvgIpc) is 3.12. The summed E-state index contributed by atoms with van der Waals surface area (Å²) < 4.78 is 5.71. The lowest BCUT2D eigenvalue weighted by Crippen LogP contribution is -2.20. The molecule has 1 nitrogen and oxygen atoms in total. The van der Waals surface area contributed by atoms with E-state index in [-0.39, 0.29) is 0 Å². The van der Waals surface area contributed by atoms with Crippen LogP contribution in [0.2, 0.25) is 0 Å². The van der Waals surface area contributed by atoms with Crippen LogP contribution in [0.3, 0.4) is 0 Å². The zero-order valence-electron chi connectivity index (χ0n) is 11.8. The van der Waals surface area contributed by atoms with E-state index < -0.39 is 0 Å². The van der Waals surface area contributed by atoms with E-state index in [9.17, 15) is 0 Å². The topological polar surface area (TPSA) is 9.23 Å². The zero-order chi connectivity index (χ0) is 12.7. The smallest absolute Gasteiger partial charge is 0.0723 e. The normalized spacial score (nSPS) is 25.0. The molecule has 0 aromatic heterocycles. The predicted molar refractivity (Wildman–Crippen MR) is 74.7 cm³/mol. The van der Waals surface area contributed by atoms with Crippen LogP contribution in [0.1, 0.15) is 56.2 Å². The van der Waals surface area contributed by atoms with Gasteiger partial charge in [-0.3, -0.25) is 0 Å². The molecule has 0 saturated heterocycles. The van der Waals surface area contributed by atoms with Crippen LogP contribution < -0.4 is 0 Å².